The number of nitrogens with one attached hydrogen (secondary N) is 1. The van der Waals surface area contributed by atoms with E-state index in [0.717, 1.165) is 12.5 Å². The maximum atomic E-state index is 4.71. The minimum absolute atomic E-state index is 0.448. The van der Waals surface area contributed by atoms with E-state index in [-0.39, 0.29) is 0 Å². The van der Waals surface area contributed by atoms with Gasteiger partial charge < -0.3 is 5.32 Å². The second-order valence-electron chi connectivity index (χ2n) is 6.11. The van der Waals surface area contributed by atoms with Gasteiger partial charge in [-0.3, -0.25) is 4.98 Å². The predicted molar refractivity (Wildman–Crippen MR) is 81.3 cm³/mol. The van der Waals surface area contributed by atoms with E-state index >= 15 is 0 Å². The van der Waals surface area contributed by atoms with Crippen molar-refractivity contribution in [2.75, 3.05) is 6.54 Å². The van der Waals surface area contributed by atoms with Crippen LogP contribution in [0.15, 0.2) is 12.3 Å². The van der Waals surface area contributed by atoms with Gasteiger partial charge in [0.2, 0.25) is 0 Å². The van der Waals surface area contributed by atoms with E-state index in [2.05, 4.69) is 32.2 Å². The lowest BCUT2D eigenvalue weighted by Gasteiger charge is -2.23. The van der Waals surface area contributed by atoms with E-state index in [1.54, 1.807) is 0 Å². The number of aryl methyl sites for hydroxylation is 2. The van der Waals surface area contributed by atoms with Gasteiger partial charge in [0.15, 0.2) is 0 Å². The predicted octanol–water partition coefficient (Wildman–Crippen LogP) is 4.32. The monoisotopic (exact) mass is 260 g/mol. The molecule has 1 aromatic heterocycles. The van der Waals surface area contributed by atoms with Gasteiger partial charge in [0.25, 0.3) is 0 Å². The molecule has 1 N–H and O–H groups in total. The first-order valence-electron chi connectivity index (χ1n) is 7.87. The first kappa shape index (κ1) is 14.5. The van der Waals surface area contributed by atoms with Gasteiger partial charge in [0.05, 0.1) is 11.7 Å². The van der Waals surface area contributed by atoms with Crippen LogP contribution < -0.4 is 5.32 Å². The molecule has 1 aromatic rings. The van der Waals surface area contributed by atoms with E-state index in [1.165, 1.54) is 55.3 Å². The van der Waals surface area contributed by atoms with Crippen molar-refractivity contribution >= 4 is 0 Å². The molecule has 1 saturated carbocycles. The highest BCUT2D eigenvalue weighted by Gasteiger charge is 2.22. The highest BCUT2D eigenvalue weighted by Crippen LogP contribution is 2.33. The molecule has 1 atom stereocenters. The van der Waals surface area contributed by atoms with Crippen molar-refractivity contribution in [3.8, 4) is 0 Å². The van der Waals surface area contributed by atoms with E-state index in [4.69, 9.17) is 4.98 Å². The summed E-state index contributed by atoms with van der Waals surface area (Å²) >= 11 is 0. The molecule has 19 heavy (non-hydrogen) atoms. The van der Waals surface area contributed by atoms with E-state index in [1.807, 2.05) is 6.20 Å². The first-order chi connectivity index (χ1) is 9.20. The quantitative estimate of drug-likeness (QED) is 0.824. The minimum Gasteiger partial charge on any atom is -0.309 e. The lowest BCUT2D eigenvalue weighted by molar-refractivity contribution is 0.388. The summed E-state index contributed by atoms with van der Waals surface area (Å²) in [6, 6.07) is 2.71. The van der Waals surface area contributed by atoms with Crippen molar-refractivity contribution in [1.29, 1.82) is 0 Å². The third kappa shape index (κ3) is 4.04. The maximum absolute atomic E-state index is 4.71. The summed E-state index contributed by atoms with van der Waals surface area (Å²) in [6.45, 7) is 7.64. The average Bonchev–Trinajstić information content (AvgIpc) is 2.88. The molecule has 0 saturated heterocycles. The maximum Gasteiger partial charge on any atom is 0.0602 e. The summed E-state index contributed by atoms with van der Waals surface area (Å²) in [6.07, 6.45) is 10.1. The highest BCUT2D eigenvalue weighted by molar-refractivity contribution is 5.25. The van der Waals surface area contributed by atoms with Gasteiger partial charge in [0, 0.05) is 6.20 Å². The zero-order valence-electron chi connectivity index (χ0n) is 12.7. The van der Waals surface area contributed by atoms with Gasteiger partial charge in [-0.1, -0.05) is 38.7 Å². The van der Waals surface area contributed by atoms with Crippen LogP contribution in [0, 0.1) is 19.8 Å². The molecule has 2 nitrogen and oxygen atoms in total. The molecule has 106 valence electrons. The lowest BCUT2D eigenvalue weighted by atomic mass is 9.94. The molecule has 2 rings (SSSR count). The van der Waals surface area contributed by atoms with Crippen molar-refractivity contribution < 1.29 is 0 Å². The molecule has 2 heteroatoms. The smallest absolute Gasteiger partial charge is 0.0602 e. The average molecular weight is 260 g/mol. The standard InChI is InChI=1S/C17H28N2/c1-4-9-18-16(11-15-7-5-6-8-15)17-14(3)10-13(2)12-19-17/h10,12,15-16,18H,4-9,11H2,1-3H3. The van der Waals surface area contributed by atoms with Crippen molar-refractivity contribution in [3.05, 3.63) is 29.1 Å². The second-order valence-corrected chi connectivity index (χ2v) is 6.11. The summed E-state index contributed by atoms with van der Waals surface area (Å²) in [4.78, 5) is 4.71. The van der Waals surface area contributed by atoms with Gasteiger partial charge in [-0.2, -0.15) is 0 Å². The Morgan fingerprint density at radius 2 is 2.05 bits per heavy atom. The van der Waals surface area contributed by atoms with E-state index in [0.29, 0.717) is 6.04 Å². The van der Waals surface area contributed by atoms with Crippen molar-refractivity contribution in [2.45, 2.75) is 65.3 Å². The summed E-state index contributed by atoms with van der Waals surface area (Å²) in [5, 5.41) is 3.71. The molecule has 1 fully saturated rings. The number of hydrogen-bond acceptors (Lipinski definition) is 2. The number of rotatable bonds is 6. The fourth-order valence-electron chi connectivity index (χ4n) is 3.28. The zero-order chi connectivity index (χ0) is 13.7. The Bertz CT molecular complexity index is 394. The zero-order valence-corrected chi connectivity index (χ0v) is 12.7. The van der Waals surface area contributed by atoms with Crippen LogP contribution >= 0.6 is 0 Å². The minimum atomic E-state index is 0.448. The van der Waals surface area contributed by atoms with Crippen molar-refractivity contribution in [3.63, 3.8) is 0 Å². The first-order valence-corrected chi connectivity index (χ1v) is 7.87. The van der Waals surface area contributed by atoms with Crippen molar-refractivity contribution in [2.24, 2.45) is 5.92 Å². The normalized spacial score (nSPS) is 17.8. The summed E-state index contributed by atoms with van der Waals surface area (Å²) < 4.78 is 0. The largest absolute Gasteiger partial charge is 0.309 e. The van der Waals surface area contributed by atoms with Crippen LogP contribution in [0.2, 0.25) is 0 Å². The third-order valence-electron chi connectivity index (χ3n) is 4.27. The van der Waals surface area contributed by atoms with E-state index in [9.17, 15) is 0 Å². The molecule has 1 aliphatic carbocycles. The van der Waals surface area contributed by atoms with Gasteiger partial charge in [-0.25, -0.2) is 0 Å². The Kier molecular flexibility index (Phi) is 5.38. The SMILES string of the molecule is CCCNC(CC1CCCC1)c1ncc(C)cc1C. The Balaban J connectivity index is 2.10. The Morgan fingerprint density at radius 3 is 2.68 bits per heavy atom. The van der Waals surface area contributed by atoms with Gasteiger partial charge in [-0.15, -0.1) is 0 Å². The van der Waals surface area contributed by atoms with Crippen LogP contribution in [0.1, 0.15) is 68.3 Å². The molecule has 0 bridgehead atoms. The summed E-state index contributed by atoms with van der Waals surface area (Å²) in [5.74, 6) is 0.900. The van der Waals surface area contributed by atoms with Crippen LogP contribution in [0.25, 0.3) is 0 Å². The van der Waals surface area contributed by atoms with Gasteiger partial charge in [-0.05, 0) is 50.3 Å². The van der Waals surface area contributed by atoms with Gasteiger partial charge in [0.1, 0.15) is 0 Å². The molecule has 0 spiro atoms. The summed E-state index contributed by atoms with van der Waals surface area (Å²) in [7, 11) is 0. The number of aromatic nitrogens is 1. The van der Waals surface area contributed by atoms with Crippen LogP contribution in [-0.2, 0) is 0 Å². The van der Waals surface area contributed by atoms with Crippen LogP contribution in [-0.4, -0.2) is 11.5 Å². The number of hydrogen-bond donors (Lipinski definition) is 1. The molecular formula is C17H28N2. The number of pyridine rings is 1. The molecule has 0 radical (unpaired) electrons. The highest BCUT2D eigenvalue weighted by atomic mass is 14.9. The molecule has 1 unspecified atom stereocenters. The Hall–Kier alpha value is -0.890. The molecular weight excluding hydrogens is 232 g/mol. The third-order valence-corrected chi connectivity index (χ3v) is 4.27. The van der Waals surface area contributed by atoms with Crippen LogP contribution in [0.4, 0.5) is 0 Å². The van der Waals surface area contributed by atoms with Crippen LogP contribution in [0.3, 0.4) is 0 Å². The second kappa shape index (κ2) is 7.04. The topological polar surface area (TPSA) is 24.9 Å². The molecule has 1 heterocycles. The van der Waals surface area contributed by atoms with Gasteiger partial charge >= 0.3 is 0 Å². The van der Waals surface area contributed by atoms with Crippen LogP contribution in [0.5, 0.6) is 0 Å². The fraction of sp³-hybridized carbons (Fsp3) is 0.706. The lowest BCUT2D eigenvalue weighted by Crippen LogP contribution is -2.25. The molecule has 0 amide bonds. The fourth-order valence-corrected chi connectivity index (χ4v) is 3.28. The number of nitrogens with zero attached hydrogens (tertiary/aromatic N) is 1. The molecule has 0 aromatic carbocycles. The summed E-state index contributed by atoms with van der Waals surface area (Å²) in [5.41, 5.74) is 3.87. The van der Waals surface area contributed by atoms with E-state index < -0.39 is 0 Å². The molecule has 0 aliphatic heterocycles. The Morgan fingerprint density at radius 1 is 1.32 bits per heavy atom. The molecule has 1 aliphatic rings. The van der Waals surface area contributed by atoms with Crippen molar-refractivity contribution in [1.82, 2.24) is 10.3 Å². The Labute approximate surface area is 118 Å².